The van der Waals surface area contributed by atoms with E-state index in [4.69, 9.17) is 4.74 Å². The number of ether oxygens (including phenoxy) is 1. The van der Waals surface area contributed by atoms with Gasteiger partial charge in [0.2, 0.25) is 0 Å². The first-order valence-corrected chi connectivity index (χ1v) is 8.36. The molecule has 0 N–H and O–H groups in total. The van der Waals surface area contributed by atoms with Crippen LogP contribution < -0.4 is 0 Å². The highest BCUT2D eigenvalue weighted by molar-refractivity contribution is 9.09. The summed E-state index contributed by atoms with van der Waals surface area (Å²) in [6.45, 7) is 5.35. The number of benzene rings is 1. The lowest BCUT2D eigenvalue weighted by atomic mass is 9.90. The Morgan fingerprint density at radius 2 is 1.63 bits per heavy atom. The van der Waals surface area contributed by atoms with E-state index in [-0.39, 0.29) is 0 Å². The van der Waals surface area contributed by atoms with E-state index in [2.05, 4.69) is 54.0 Å². The Kier molecular flexibility index (Phi) is 8.40. The van der Waals surface area contributed by atoms with Crippen molar-refractivity contribution >= 4 is 15.9 Å². The molecule has 0 saturated carbocycles. The van der Waals surface area contributed by atoms with Gasteiger partial charge in [0.25, 0.3) is 0 Å². The van der Waals surface area contributed by atoms with E-state index in [1.54, 1.807) is 7.11 Å². The fraction of sp³-hybridized carbons (Fsp3) is 0.647. The Bertz CT molecular complexity index is 328. The van der Waals surface area contributed by atoms with Crippen molar-refractivity contribution in [2.75, 3.05) is 13.7 Å². The minimum Gasteiger partial charge on any atom is -0.384 e. The summed E-state index contributed by atoms with van der Waals surface area (Å²) in [4.78, 5) is 0.490. The van der Waals surface area contributed by atoms with Crippen molar-refractivity contribution in [3.8, 4) is 0 Å². The monoisotopic (exact) mass is 326 g/mol. The molecule has 1 nitrogen and oxygen atoms in total. The highest BCUT2D eigenvalue weighted by Gasteiger charge is 2.18. The molecule has 0 aromatic heterocycles. The van der Waals surface area contributed by atoms with Crippen LogP contribution in [0, 0.1) is 5.92 Å². The zero-order valence-electron chi connectivity index (χ0n) is 12.5. The minimum atomic E-state index is 0.490. The first kappa shape index (κ1) is 16.7. The van der Waals surface area contributed by atoms with E-state index in [9.17, 15) is 0 Å². The maximum absolute atomic E-state index is 5.12. The summed E-state index contributed by atoms with van der Waals surface area (Å²) >= 11 is 3.91. The number of hydrogen-bond acceptors (Lipinski definition) is 1. The van der Waals surface area contributed by atoms with Gasteiger partial charge in [-0.2, -0.15) is 0 Å². The zero-order chi connectivity index (χ0) is 14.1. The fourth-order valence-corrected chi connectivity index (χ4v) is 3.37. The molecule has 0 heterocycles. The van der Waals surface area contributed by atoms with Crippen LogP contribution in [0.4, 0.5) is 0 Å². The van der Waals surface area contributed by atoms with Crippen LogP contribution in [0.3, 0.4) is 0 Å². The number of rotatable bonds is 9. The molecule has 1 atom stereocenters. The van der Waals surface area contributed by atoms with Gasteiger partial charge < -0.3 is 4.74 Å². The minimum absolute atomic E-state index is 0.490. The second kappa shape index (κ2) is 9.55. The van der Waals surface area contributed by atoms with E-state index in [1.165, 1.54) is 36.8 Å². The molecule has 0 aliphatic carbocycles. The molecule has 0 bridgehead atoms. The summed E-state index contributed by atoms with van der Waals surface area (Å²) in [6, 6.07) is 9.00. The van der Waals surface area contributed by atoms with Crippen LogP contribution >= 0.6 is 15.9 Å². The summed E-state index contributed by atoms with van der Waals surface area (Å²) in [5.74, 6) is 0.750. The first-order chi connectivity index (χ1) is 9.22. The van der Waals surface area contributed by atoms with Gasteiger partial charge in [-0.3, -0.25) is 0 Å². The summed E-state index contributed by atoms with van der Waals surface area (Å²) in [6.07, 6.45) is 6.12. The molecule has 1 aromatic carbocycles. The van der Waals surface area contributed by atoms with Crippen molar-refractivity contribution in [2.45, 2.75) is 50.8 Å². The maximum atomic E-state index is 5.12. The first-order valence-electron chi connectivity index (χ1n) is 7.44. The van der Waals surface area contributed by atoms with E-state index < -0.39 is 0 Å². The van der Waals surface area contributed by atoms with Gasteiger partial charge in [0, 0.05) is 11.9 Å². The van der Waals surface area contributed by atoms with Crippen molar-refractivity contribution in [1.82, 2.24) is 0 Å². The molecule has 2 heteroatoms. The second-order valence-electron chi connectivity index (χ2n) is 5.22. The second-order valence-corrected chi connectivity index (χ2v) is 6.21. The largest absolute Gasteiger partial charge is 0.384 e. The fourth-order valence-electron chi connectivity index (χ4n) is 2.54. The molecule has 108 valence electrons. The SMILES string of the molecule is CCCC(CCC)C(Br)c1ccc(CCOC)cc1. The van der Waals surface area contributed by atoms with Crippen LogP contribution in [0.2, 0.25) is 0 Å². The molecule has 0 fully saturated rings. The van der Waals surface area contributed by atoms with Crippen LogP contribution in [-0.2, 0) is 11.2 Å². The van der Waals surface area contributed by atoms with Crippen LogP contribution in [0.15, 0.2) is 24.3 Å². The van der Waals surface area contributed by atoms with E-state index in [0.29, 0.717) is 4.83 Å². The standard InChI is InChI=1S/C17H27BrO/c1-4-6-15(7-5-2)17(18)16-10-8-14(9-11-16)12-13-19-3/h8-11,15,17H,4-7,12-13H2,1-3H3. The molecule has 0 aliphatic heterocycles. The average molecular weight is 327 g/mol. The van der Waals surface area contributed by atoms with E-state index >= 15 is 0 Å². The van der Waals surface area contributed by atoms with Crippen molar-refractivity contribution < 1.29 is 4.74 Å². The van der Waals surface area contributed by atoms with Gasteiger partial charge in [-0.05, 0) is 36.3 Å². The van der Waals surface area contributed by atoms with Crippen molar-refractivity contribution in [3.05, 3.63) is 35.4 Å². The van der Waals surface area contributed by atoms with Gasteiger partial charge in [0.15, 0.2) is 0 Å². The van der Waals surface area contributed by atoms with Crippen molar-refractivity contribution in [1.29, 1.82) is 0 Å². The molecule has 19 heavy (non-hydrogen) atoms. The van der Waals surface area contributed by atoms with Gasteiger partial charge in [0.05, 0.1) is 6.61 Å². The summed E-state index contributed by atoms with van der Waals surface area (Å²) in [5.41, 5.74) is 2.76. The highest BCUT2D eigenvalue weighted by atomic mass is 79.9. The quantitative estimate of drug-likeness (QED) is 0.542. The van der Waals surface area contributed by atoms with Gasteiger partial charge in [-0.1, -0.05) is 66.9 Å². The number of hydrogen-bond donors (Lipinski definition) is 0. The van der Waals surface area contributed by atoms with Crippen LogP contribution in [0.25, 0.3) is 0 Å². The Labute approximate surface area is 126 Å². The molecular formula is C17H27BrO. The third kappa shape index (κ3) is 5.66. The van der Waals surface area contributed by atoms with E-state index in [0.717, 1.165) is 18.9 Å². The van der Waals surface area contributed by atoms with Crippen molar-refractivity contribution in [3.63, 3.8) is 0 Å². The number of halogens is 1. The molecule has 1 rings (SSSR count). The summed E-state index contributed by atoms with van der Waals surface area (Å²) in [7, 11) is 1.75. The molecule has 1 unspecified atom stereocenters. The molecule has 0 aliphatic rings. The topological polar surface area (TPSA) is 9.23 Å². The molecule has 0 radical (unpaired) electrons. The van der Waals surface area contributed by atoms with Crippen LogP contribution in [-0.4, -0.2) is 13.7 Å². The highest BCUT2D eigenvalue weighted by Crippen LogP contribution is 2.36. The lowest BCUT2D eigenvalue weighted by molar-refractivity contribution is 0.202. The Hall–Kier alpha value is -0.340. The third-order valence-corrected chi connectivity index (χ3v) is 4.90. The number of methoxy groups -OCH3 is 1. The average Bonchev–Trinajstić information content (AvgIpc) is 2.44. The Morgan fingerprint density at radius 1 is 1.05 bits per heavy atom. The molecular weight excluding hydrogens is 300 g/mol. The third-order valence-electron chi connectivity index (χ3n) is 3.63. The lowest BCUT2D eigenvalue weighted by Crippen LogP contribution is -2.07. The van der Waals surface area contributed by atoms with E-state index in [1.807, 2.05) is 0 Å². The Morgan fingerprint density at radius 3 is 2.11 bits per heavy atom. The molecule has 1 aromatic rings. The summed E-state index contributed by atoms with van der Waals surface area (Å²) in [5, 5.41) is 0. The summed E-state index contributed by atoms with van der Waals surface area (Å²) < 4.78 is 5.12. The van der Waals surface area contributed by atoms with Crippen LogP contribution in [0.5, 0.6) is 0 Å². The predicted molar refractivity (Wildman–Crippen MR) is 87.0 cm³/mol. The Balaban J connectivity index is 2.66. The van der Waals surface area contributed by atoms with Gasteiger partial charge in [-0.25, -0.2) is 0 Å². The lowest BCUT2D eigenvalue weighted by Gasteiger charge is -2.22. The molecule has 0 saturated heterocycles. The smallest absolute Gasteiger partial charge is 0.0502 e. The molecule has 0 amide bonds. The van der Waals surface area contributed by atoms with Gasteiger partial charge >= 0.3 is 0 Å². The number of alkyl halides is 1. The maximum Gasteiger partial charge on any atom is 0.0502 e. The van der Waals surface area contributed by atoms with Gasteiger partial charge in [0.1, 0.15) is 0 Å². The normalized spacial score (nSPS) is 12.9. The van der Waals surface area contributed by atoms with Gasteiger partial charge in [-0.15, -0.1) is 0 Å². The van der Waals surface area contributed by atoms with Crippen LogP contribution in [0.1, 0.15) is 55.5 Å². The predicted octanol–water partition coefficient (Wildman–Crippen LogP) is 5.53. The zero-order valence-corrected chi connectivity index (χ0v) is 14.1. The van der Waals surface area contributed by atoms with Crippen molar-refractivity contribution in [2.24, 2.45) is 5.92 Å². The molecule has 0 spiro atoms.